The van der Waals surface area contributed by atoms with Crippen molar-refractivity contribution in [1.29, 1.82) is 0 Å². The summed E-state index contributed by atoms with van der Waals surface area (Å²) in [5.41, 5.74) is 2.01. The zero-order valence-corrected chi connectivity index (χ0v) is 19.2. The first-order valence-electron chi connectivity index (χ1n) is 10.8. The monoisotopic (exact) mass is 447 g/mol. The quantitative estimate of drug-likeness (QED) is 0.662. The summed E-state index contributed by atoms with van der Waals surface area (Å²) in [7, 11) is 0. The number of benzene rings is 2. The molecule has 31 heavy (non-hydrogen) atoms. The Balaban J connectivity index is 1.57. The average Bonchev–Trinajstić information content (AvgIpc) is 2.75. The molecule has 168 valence electrons. The topological polar surface area (TPSA) is 44.8 Å². The standard InChI is InChI=1S/C24H31ClFN3O2/c1-4-27-12-20-11-21(25)7-10-23(20)31-16-24(30)29-14-17(2)28(13-18(29)3)15-19-5-8-22(26)9-6-19/h5-11,17-18,27H,4,12-16H2,1-3H3/t17-,18+/m1/s1. The number of nitrogens with one attached hydrogen (secondary N) is 1. The van der Waals surface area contributed by atoms with Gasteiger partial charge < -0.3 is 15.0 Å². The Morgan fingerprint density at radius 2 is 1.90 bits per heavy atom. The van der Waals surface area contributed by atoms with Gasteiger partial charge in [-0.1, -0.05) is 30.7 Å². The third-order valence-corrected chi connectivity index (χ3v) is 5.91. The van der Waals surface area contributed by atoms with Crippen LogP contribution in [-0.4, -0.2) is 54.0 Å². The lowest BCUT2D eigenvalue weighted by molar-refractivity contribution is -0.139. The third-order valence-electron chi connectivity index (χ3n) is 5.67. The van der Waals surface area contributed by atoms with Crippen LogP contribution >= 0.6 is 11.6 Å². The zero-order chi connectivity index (χ0) is 22.4. The van der Waals surface area contributed by atoms with Crippen molar-refractivity contribution in [1.82, 2.24) is 15.1 Å². The predicted octanol–water partition coefficient (Wildman–Crippen LogP) is 4.09. The Hall–Kier alpha value is -2.15. The number of carbonyl (C=O) groups excluding carboxylic acids is 1. The van der Waals surface area contributed by atoms with E-state index in [1.165, 1.54) is 12.1 Å². The van der Waals surface area contributed by atoms with Gasteiger partial charge in [-0.05, 0) is 56.3 Å². The molecular formula is C24H31ClFN3O2. The highest BCUT2D eigenvalue weighted by atomic mass is 35.5. The first-order chi connectivity index (χ1) is 14.9. The highest BCUT2D eigenvalue weighted by Crippen LogP contribution is 2.24. The number of rotatable bonds is 8. The summed E-state index contributed by atoms with van der Waals surface area (Å²) in [5, 5.41) is 3.91. The van der Waals surface area contributed by atoms with Crippen molar-refractivity contribution in [3.05, 3.63) is 64.4 Å². The second-order valence-corrected chi connectivity index (χ2v) is 8.56. The van der Waals surface area contributed by atoms with E-state index in [9.17, 15) is 9.18 Å². The van der Waals surface area contributed by atoms with Crippen LogP contribution in [0.3, 0.4) is 0 Å². The second-order valence-electron chi connectivity index (χ2n) is 8.12. The van der Waals surface area contributed by atoms with Crippen molar-refractivity contribution in [3.8, 4) is 5.75 Å². The molecule has 1 amide bonds. The number of piperazine rings is 1. The molecule has 0 aromatic heterocycles. The summed E-state index contributed by atoms with van der Waals surface area (Å²) >= 11 is 6.11. The summed E-state index contributed by atoms with van der Waals surface area (Å²) in [6.45, 7) is 9.81. The second kappa shape index (κ2) is 10.9. The predicted molar refractivity (Wildman–Crippen MR) is 122 cm³/mol. The molecule has 1 aliphatic rings. The lowest BCUT2D eigenvalue weighted by Crippen LogP contribution is -2.58. The third kappa shape index (κ3) is 6.42. The molecule has 0 saturated carbocycles. The highest BCUT2D eigenvalue weighted by molar-refractivity contribution is 6.30. The fourth-order valence-corrected chi connectivity index (χ4v) is 4.09. The van der Waals surface area contributed by atoms with Crippen molar-refractivity contribution in [3.63, 3.8) is 0 Å². The van der Waals surface area contributed by atoms with Gasteiger partial charge in [0, 0.05) is 48.8 Å². The van der Waals surface area contributed by atoms with E-state index in [2.05, 4.69) is 24.1 Å². The van der Waals surface area contributed by atoms with Crippen LogP contribution in [-0.2, 0) is 17.9 Å². The Morgan fingerprint density at radius 1 is 1.16 bits per heavy atom. The van der Waals surface area contributed by atoms with E-state index in [4.69, 9.17) is 16.3 Å². The Morgan fingerprint density at radius 3 is 2.61 bits per heavy atom. The van der Waals surface area contributed by atoms with Crippen molar-refractivity contribution >= 4 is 17.5 Å². The van der Waals surface area contributed by atoms with Gasteiger partial charge in [0.25, 0.3) is 5.91 Å². The minimum absolute atomic E-state index is 0.00419. The van der Waals surface area contributed by atoms with Crippen molar-refractivity contribution in [2.45, 2.75) is 45.9 Å². The lowest BCUT2D eigenvalue weighted by Gasteiger charge is -2.44. The van der Waals surface area contributed by atoms with E-state index in [1.807, 2.05) is 36.1 Å². The molecule has 1 fully saturated rings. The summed E-state index contributed by atoms with van der Waals surface area (Å²) < 4.78 is 19.0. The van der Waals surface area contributed by atoms with Gasteiger partial charge in [-0.15, -0.1) is 0 Å². The summed E-state index contributed by atoms with van der Waals surface area (Å²) in [6, 6.07) is 12.3. The molecule has 0 aliphatic carbocycles. The molecule has 1 heterocycles. The number of halogens is 2. The van der Waals surface area contributed by atoms with Crippen LogP contribution < -0.4 is 10.1 Å². The number of carbonyl (C=O) groups is 1. The van der Waals surface area contributed by atoms with Crippen LogP contribution in [0.25, 0.3) is 0 Å². The number of hydrogen-bond acceptors (Lipinski definition) is 4. The first-order valence-corrected chi connectivity index (χ1v) is 11.1. The summed E-state index contributed by atoms with van der Waals surface area (Å²) in [4.78, 5) is 17.1. The van der Waals surface area contributed by atoms with E-state index in [0.717, 1.165) is 30.8 Å². The summed E-state index contributed by atoms with van der Waals surface area (Å²) in [5.74, 6) is 0.425. The van der Waals surface area contributed by atoms with E-state index >= 15 is 0 Å². The smallest absolute Gasteiger partial charge is 0.260 e. The van der Waals surface area contributed by atoms with E-state index < -0.39 is 0 Å². The molecule has 1 aliphatic heterocycles. The zero-order valence-electron chi connectivity index (χ0n) is 18.4. The fourth-order valence-electron chi connectivity index (χ4n) is 3.90. The van der Waals surface area contributed by atoms with Crippen molar-refractivity contribution in [2.24, 2.45) is 0 Å². The molecule has 1 N–H and O–H groups in total. The van der Waals surface area contributed by atoms with Crippen molar-refractivity contribution < 1.29 is 13.9 Å². The molecule has 0 unspecified atom stereocenters. The highest BCUT2D eigenvalue weighted by Gasteiger charge is 2.32. The lowest BCUT2D eigenvalue weighted by atomic mass is 10.1. The number of nitrogens with zero attached hydrogens (tertiary/aromatic N) is 2. The molecule has 0 radical (unpaired) electrons. The Bertz CT molecular complexity index is 878. The van der Waals surface area contributed by atoms with Crippen LogP contribution in [0.5, 0.6) is 5.75 Å². The van der Waals surface area contributed by atoms with Crippen LogP contribution in [0.4, 0.5) is 4.39 Å². The molecular weight excluding hydrogens is 417 g/mol. The molecule has 2 atom stereocenters. The first kappa shape index (κ1) is 23.5. The van der Waals surface area contributed by atoms with Gasteiger partial charge >= 0.3 is 0 Å². The van der Waals surface area contributed by atoms with Crippen LogP contribution in [0.2, 0.25) is 5.02 Å². The fraction of sp³-hybridized carbons (Fsp3) is 0.458. The maximum absolute atomic E-state index is 13.2. The Labute approximate surface area is 189 Å². The molecule has 1 saturated heterocycles. The minimum atomic E-state index is -0.227. The molecule has 3 rings (SSSR count). The maximum Gasteiger partial charge on any atom is 0.260 e. The van der Waals surface area contributed by atoms with Crippen molar-refractivity contribution in [2.75, 3.05) is 26.2 Å². The molecule has 0 bridgehead atoms. The SMILES string of the molecule is CCNCc1cc(Cl)ccc1OCC(=O)N1C[C@@H](C)N(Cc2ccc(F)cc2)C[C@@H]1C. The van der Waals surface area contributed by atoms with Gasteiger partial charge in [-0.3, -0.25) is 9.69 Å². The number of hydrogen-bond donors (Lipinski definition) is 1. The normalized spacial score (nSPS) is 19.5. The van der Waals surface area contributed by atoms with Gasteiger partial charge in [0.05, 0.1) is 0 Å². The van der Waals surface area contributed by atoms with Gasteiger partial charge in [0.1, 0.15) is 11.6 Å². The molecule has 0 spiro atoms. The van der Waals surface area contributed by atoms with E-state index in [1.54, 1.807) is 6.07 Å². The van der Waals surface area contributed by atoms with Gasteiger partial charge in [0.15, 0.2) is 6.61 Å². The van der Waals surface area contributed by atoms with Crippen LogP contribution in [0, 0.1) is 5.82 Å². The Kier molecular flexibility index (Phi) is 8.29. The van der Waals surface area contributed by atoms with Gasteiger partial charge in [-0.25, -0.2) is 4.39 Å². The average molecular weight is 448 g/mol. The minimum Gasteiger partial charge on any atom is -0.483 e. The summed E-state index contributed by atoms with van der Waals surface area (Å²) in [6.07, 6.45) is 0. The van der Waals surface area contributed by atoms with Crippen LogP contribution in [0.1, 0.15) is 31.9 Å². The molecule has 5 nitrogen and oxygen atoms in total. The molecule has 7 heteroatoms. The number of ether oxygens (including phenoxy) is 1. The number of amides is 1. The largest absolute Gasteiger partial charge is 0.483 e. The van der Waals surface area contributed by atoms with E-state index in [0.29, 0.717) is 23.9 Å². The molecule has 2 aromatic carbocycles. The van der Waals surface area contributed by atoms with Crippen LogP contribution in [0.15, 0.2) is 42.5 Å². The maximum atomic E-state index is 13.2. The van der Waals surface area contributed by atoms with E-state index in [-0.39, 0.29) is 30.4 Å². The molecule has 2 aromatic rings. The van der Waals surface area contributed by atoms with Gasteiger partial charge in [-0.2, -0.15) is 0 Å². The van der Waals surface area contributed by atoms with Gasteiger partial charge in [0.2, 0.25) is 0 Å².